The second kappa shape index (κ2) is 6.65. The van der Waals surface area contributed by atoms with Gasteiger partial charge >= 0.3 is 0 Å². The van der Waals surface area contributed by atoms with E-state index < -0.39 is 0 Å². The van der Waals surface area contributed by atoms with Gasteiger partial charge < -0.3 is 0 Å². The number of ketones is 1. The first-order valence-electron chi connectivity index (χ1n) is 7.40. The van der Waals surface area contributed by atoms with Crippen molar-refractivity contribution in [1.82, 2.24) is 0 Å². The maximum atomic E-state index is 13.8. The number of fused-ring (bicyclic) bond motifs is 1. The molecule has 0 aliphatic rings. The minimum absolute atomic E-state index is 0.0545. The predicted octanol–water partition coefficient (Wildman–Crippen LogP) is 5.38. The molecular weight excluding hydrogens is 251 g/mol. The van der Waals surface area contributed by atoms with Gasteiger partial charge in [0, 0.05) is 16.9 Å². The van der Waals surface area contributed by atoms with E-state index >= 15 is 0 Å². The molecule has 0 heterocycles. The normalized spacial score (nSPS) is 11.2. The lowest BCUT2D eigenvalue weighted by Gasteiger charge is -2.15. The van der Waals surface area contributed by atoms with Crippen LogP contribution < -0.4 is 0 Å². The van der Waals surface area contributed by atoms with Crippen LogP contribution in [0.4, 0.5) is 4.39 Å². The van der Waals surface area contributed by atoms with Crippen molar-refractivity contribution in [2.45, 2.75) is 39.5 Å². The van der Waals surface area contributed by atoms with Gasteiger partial charge in [-0.25, -0.2) is 4.39 Å². The van der Waals surface area contributed by atoms with Crippen LogP contribution in [0.15, 0.2) is 36.4 Å². The summed E-state index contributed by atoms with van der Waals surface area (Å²) in [5.41, 5.74) is 0.661. The summed E-state index contributed by atoms with van der Waals surface area (Å²) in [5.74, 6) is -0.0524. The molecule has 0 spiro atoms. The Morgan fingerprint density at radius 2 is 1.60 bits per heavy atom. The zero-order valence-electron chi connectivity index (χ0n) is 12.2. The summed E-state index contributed by atoms with van der Waals surface area (Å²) in [6.45, 7) is 4.19. The van der Waals surface area contributed by atoms with E-state index in [0.717, 1.165) is 31.1 Å². The Hall–Kier alpha value is -1.70. The van der Waals surface area contributed by atoms with Crippen LogP contribution in [0.3, 0.4) is 0 Å². The van der Waals surface area contributed by atoms with Gasteiger partial charge in [-0.3, -0.25) is 4.79 Å². The maximum Gasteiger partial charge on any atom is 0.166 e. The average Bonchev–Trinajstić information content (AvgIpc) is 2.47. The Labute approximate surface area is 119 Å². The summed E-state index contributed by atoms with van der Waals surface area (Å²) in [5, 5.41) is 1.26. The average molecular weight is 272 g/mol. The molecular formula is C18H21FO. The lowest BCUT2D eigenvalue weighted by atomic mass is 9.87. The van der Waals surface area contributed by atoms with Crippen molar-refractivity contribution in [2.75, 3.05) is 0 Å². The van der Waals surface area contributed by atoms with E-state index in [1.807, 2.05) is 12.1 Å². The second-order valence-corrected chi connectivity index (χ2v) is 5.28. The Balaban J connectivity index is 2.46. The fourth-order valence-corrected chi connectivity index (χ4v) is 2.80. The molecule has 2 heteroatoms. The first-order valence-corrected chi connectivity index (χ1v) is 7.40. The van der Waals surface area contributed by atoms with E-state index in [1.54, 1.807) is 18.2 Å². The third kappa shape index (κ3) is 2.90. The maximum absolute atomic E-state index is 13.8. The molecule has 2 rings (SSSR count). The predicted molar refractivity (Wildman–Crippen MR) is 81.5 cm³/mol. The number of carbonyl (C=O) groups is 1. The van der Waals surface area contributed by atoms with E-state index in [-0.39, 0.29) is 17.5 Å². The van der Waals surface area contributed by atoms with Gasteiger partial charge in [-0.15, -0.1) is 0 Å². The molecule has 0 unspecified atom stereocenters. The van der Waals surface area contributed by atoms with Crippen molar-refractivity contribution in [3.8, 4) is 0 Å². The molecule has 0 atom stereocenters. The first kappa shape index (κ1) is 14.7. The minimum Gasteiger partial charge on any atom is -0.294 e. The third-order valence-electron chi connectivity index (χ3n) is 3.78. The molecule has 0 aliphatic carbocycles. The zero-order chi connectivity index (χ0) is 14.5. The molecule has 2 aromatic rings. The van der Waals surface area contributed by atoms with Gasteiger partial charge in [0.25, 0.3) is 0 Å². The second-order valence-electron chi connectivity index (χ2n) is 5.28. The molecule has 0 bridgehead atoms. The van der Waals surface area contributed by atoms with Gasteiger partial charge in [0.05, 0.1) is 0 Å². The Morgan fingerprint density at radius 3 is 2.20 bits per heavy atom. The number of halogens is 1. The van der Waals surface area contributed by atoms with Gasteiger partial charge in [0.1, 0.15) is 5.82 Å². The molecule has 0 fully saturated rings. The molecule has 0 saturated carbocycles. The Bertz CT molecular complexity index is 597. The first-order chi connectivity index (χ1) is 9.69. The highest BCUT2D eigenvalue weighted by Gasteiger charge is 2.20. The van der Waals surface area contributed by atoms with Gasteiger partial charge in [-0.1, -0.05) is 51.0 Å². The summed E-state index contributed by atoms with van der Waals surface area (Å²) in [4.78, 5) is 12.7. The van der Waals surface area contributed by atoms with Crippen LogP contribution in [-0.4, -0.2) is 5.78 Å². The van der Waals surface area contributed by atoms with Crippen molar-refractivity contribution < 1.29 is 9.18 Å². The summed E-state index contributed by atoms with van der Waals surface area (Å²) >= 11 is 0. The standard InChI is InChI=1S/C18H21FO/c1-3-7-13(8-4-2)18(20)16-11-12-17(19)15-10-6-5-9-14(15)16/h5-6,9-13H,3-4,7-8H2,1-2H3. The summed E-state index contributed by atoms with van der Waals surface area (Å²) in [7, 11) is 0. The fraction of sp³-hybridized carbons (Fsp3) is 0.389. The molecule has 0 aliphatic heterocycles. The van der Waals surface area contributed by atoms with Crippen molar-refractivity contribution in [3.63, 3.8) is 0 Å². The monoisotopic (exact) mass is 272 g/mol. The molecule has 2 aromatic carbocycles. The van der Waals surface area contributed by atoms with Crippen LogP contribution in [0.25, 0.3) is 10.8 Å². The van der Waals surface area contributed by atoms with E-state index in [0.29, 0.717) is 10.9 Å². The number of rotatable bonds is 6. The molecule has 106 valence electrons. The topological polar surface area (TPSA) is 17.1 Å². The molecule has 0 N–H and O–H groups in total. The highest BCUT2D eigenvalue weighted by Crippen LogP contribution is 2.27. The number of Topliss-reactive ketones (excluding diaryl/α,β-unsaturated/α-hetero) is 1. The Morgan fingerprint density at radius 1 is 1.00 bits per heavy atom. The van der Waals surface area contributed by atoms with Crippen molar-refractivity contribution >= 4 is 16.6 Å². The minimum atomic E-state index is -0.264. The third-order valence-corrected chi connectivity index (χ3v) is 3.78. The van der Waals surface area contributed by atoms with Crippen LogP contribution in [0.5, 0.6) is 0 Å². The van der Waals surface area contributed by atoms with Crippen LogP contribution >= 0.6 is 0 Å². The Kier molecular flexibility index (Phi) is 4.89. The molecule has 0 amide bonds. The van der Waals surface area contributed by atoms with Crippen LogP contribution in [0.1, 0.15) is 49.9 Å². The van der Waals surface area contributed by atoms with E-state index in [2.05, 4.69) is 13.8 Å². The van der Waals surface area contributed by atoms with Crippen LogP contribution in [0.2, 0.25) is 0 Å². The van der Waals surface area contributed by atoms with Crippen molar-refractivity contribution in [2.24, 2.45) is 5.92 Å². The van der Waals surface area contributed by atoms with Gasteiger partial charge in [-0.05, 0) is 30.4 Å². The van der Waals surface area contributed by atoms with Gasteiger partial charge in [-0.2, -0.15) is 0 Å². The van der Waals surface area contributed by atoms with Gasteiger partial charge in [0.2, 0.25) is 0 Å². The quantitative estimate of drug-likeness (QED) is 0.645. The SMILES string of the molecule is CCCC(CCC)C(=O)c1ccc(F)c2ccccc12. The molecule has 0 saturated heterocycles. The van der Waals surface area contributed by atoms with E-state index in [4.69, 9.17) is 0 Å². The molecule has 20 heavy (non-hydrogen) atoms. The summed E-state index contributed by atoms with van der Waals surface area (Å²) < 4.78 is 13.8. The zero-order valence-corrected chi connectivity index (χ0v) is 12.2. The fourth-order valence-electron chi connectivity index (χ4n) is 2.80. The molecule has 0 aromatic heterocycles. The number of benzene rings is 2. The van der Waals surface area contributed by atoms with Gasteiger partial charge in [0.15, 0.2) is 5.78 Å². The molecule has 1 nitrogen and oxygen atoms in total. The lowest BCUT2D eigenvalue weighted by Crippen LogP contribution is -2.15. The largest absolute Gasteiger partial charge is 0.294 e. The highest BCUT2D eigenvalue weighted by molar-refractivity contribution is 6.09. The van der Waals surface area contributed by atoms with E-state index in [1.165, 1.54) is 6.07 Å². The van der Waals surface area contributed by atoms with Crippen LogP contribution in [0, 0.1) is 11.7 Å². The highest BCUT2D eigenvalue weighted by atomic mass is 19.1. The summed E-state index contributed by atoms with van der Waals surface area (Å²) in [6.07, 6.45) is 3.79. The van der Waals surface area contributed by atoms with Crippen LogP contribution in [-0.2, 0) is 0 Å². The molecule has 0 radical (unpaired) electrons. The smallest absolute Gasteiger partial charge is 0.166 e. The van der Waals surface area contributed by atoms with Crippen molar-refractivity contribution in [3.05, 3.63) is 47.8 Å². The number of carbonyl (C=O) groups excluding carboxylic acids is 1. The number of hydrogen-bond acceptors (Lipinski definition) is 1. The number of hydrogen-bond donors (Lipinski definition) is 0. The summed E-state index contributed by atoms with van der Waals surface area (Å²) in [6, 6.07) is 10.3. The van der Waals surface area contributed by atoms with Crippen molar-refractivity contribution in [1.29, 1.82) is 0 Å². The van der Waals surface area contributed by atoms with E-state index in [9.17, 15) is 9.18 Å². The lowest BCUT2D eigenvalue weighted by molar-refractivity contribution is 0.0906.